The molecule has 0 saturated heterocycles. The number of fused-ring (bicyclic) bond motifs is 1. The van der Waals surface area contributed by atoms with Gasteiger partial charge in [-0.2, -0.15) is 5.10 Å². The fraction of sp³-hybridized carbons (Fsp3) is 0.0667. The monoisotopic (exact) mass is 252 g/mol. The Bertz CT molecular complexity index is 775. The van der Waals surface area contributed by atoms with E-state index in [2.05, 4.69) is 10.2 Å². The molecule has 0 unspecified atom stereocenters. The van der Waals surface area contributed by atoms with Crippen molar-refractivity contribution < 1.29 is 9.90 Å². The summed E-state index contributed by atoms with van der Waals surface area (Å²) in [6.07, 6.45) is 0. The molecular formula is C15H12N2O2. The van der Waals surface area contributed by atoms with Crippen molar-refractivity contribution >= 4 is 16.9 Å². The smallest absolute Gasteiger partial charge is 0.336 e. The van der Waals surface area contributed by atoms with Crippen molar-refractivity contribution in [3.63, 3.8) is 0 Å². The molecule has 1 heterocycles. The van der Waals surface area contributed by atoms with Crippen LogP contribution in [-0.4, -0.2) is 21.3 Å². The first kappa shape index (κ1) is 11.5. The van der Waals surface area contributed by atoms with Crippen LogP contribution in [0.25, 0.3) is 22.2 Å². The van der Waals surface area contributed by atoms with Crippen molar-refractivity contribution in [3.05, 3.63) is 53.6 Å². The van der Waals surface area contributed by atoms with Crippen LogP contribution < -0.4 is 0 Å². The SMILES string of the molecule is Cc1cccc(-c2n[nH]c3cccc(C(=O)O)c23)c1. The van der Waals surface area contributed by atoms with Crippen LogP contribution in [0.3, 0.4) is 0 Å². The molecule has 0 aliphatic carbocycles. The molecule has 94 valence electrons. The highest BCUT2D eigenvalue weighted by Crippen LogP contribution is 2.29. The highest BCUT2D eigenvalue weighted by atomic mass is 16.4. The lowest BCUT2D eigenvalue weighted by Crippen LogP contribution is -1.97. The molecule has 3 rings (SSSR count). The molecule has 0 bridgehead atoms. The normalized spacial score (nSPS) is 10.8. The Morgan fingerprint density at radius 2 is 2.00 bits per heavy atom. The molecule has 0 atom stereocenters. The minimum atomic E-state index is -0.944. The van der Waals surface area contributed by atoms with Gasteiger partial charge in [0, 0.05) is 10.9 Å². The van der Waals surface area contributed by atoms with E-state index < -0.39 is 5.97 Å². The molecule has 3 aromatic rings. The van der Waals surface area contributed by atoms with Gasteiger partial charge >= 0.3 is 5.97 Å². The minimum absolute atomic E-state index is 0.266. The zero-order valence-corrected chi connectivity index (χ0v) is 10.3. The lowest BCUT2D eigenvalue weighted by molar-refractivity contribution is 0.0699. The highest BCUT2D eigenvalue weighted by Gasteiger charge is 2.15. The van der Waals surface area contributed by atoms with Gasteiger partial charge in [-0.1, -0.05) is 29.8 Å². The Morgan fingerprint density at radius 1 is 1.21 bits per heavy atom. The number of rotatable bonds is 2. The van der Waals surface area contributed by atoms with Crippen LogP contribution >= 0.6 is 0 Å². The van der Waals surface area contributed by atoms with Crippen LogP contribution in [0.5, 0.6) is 0 Å². The van der Waals surface area contributed by atoms with E-state index >= 15 is 0 Å². The van der Waals surface area contributed by atoms with Crippen LogP contribution in [0.2, 0.25) is 0 Å². The molecule has 4 nitrogen and oxygen atoms in total. The van der Waals surface area contributed by atoms with Gasteiger partial charge in [-0.3, -0.25) is 5.10 Å². The number of hydrogen-bond donors (Lipinski definition) is 2. The first-order valence-corrected chi connectivity index (χ1v) is 5.94. The predicted molar refractivity (Wildman–Crippen MR) is 73.2 cm³/mol. The lowest BCUT2D eigenvalue weighted by Gasteiger charge is -2.02. The summed E-state index contributed by atoms with van der Waals surface area (Å²) < 4.78 is 0. The summed E-state index contributed by atoms with van der Waals surface area (Å²) in [5.41, 5.74) is 3.71. The largest absolute Gasteiger partial charge is 0.478 e. The van der Waals surface area contributed by atoms with Gasteiger partial charge in [-0.05, 0) is 25.1 Å². The number of carboxylic acids is 1. The molecule has 2 aromatic carbocycles. The third-order valence-electron chi connectivity index (χ3n) is 3.11. The zero-order valence-electron chi connectivity index (χ0n) is 10.3. The van der Waals surface area contributed by atoms with Gasteiger partial charge in [0.05, 0.1) is 11.1 Å². The second-order valence-corrected chi connectivity index (χ2v) is 4.47. The van der Waals surface area contributed by atoms with Crippen molar-refractivity contribution in [2.75, 3.05) is 0 Å². The fourth-order valence-electron chi connectivity index (χ4n) is 2.25. The van der Waals surface area contributed by atoms with E-state index in [9.17, 15) is 9.90 Å². The summed E-state index contributed by atoms with van der Waals surface area (Å²) in [4.78, 5) is 11.3. The first-order valence-electron chi connectivity index (χ1n) is 5.94. The molecule has 0 saturated carbocycles. The second kappa shape index (κ2) is 4.24. The number of carbonyl (C=O) groups is 1. The predicted octanol–water partition coefficient (Wildman–Crippen LogP) is 3.24. The second-order valence-electron chi connectivity index (χ2n) is 4.47. The Kier molecular flexibility index (Phi) is 2.56. The quantitative estimate of drug-likeness (QED) is 0.735. The van der Waals surface area contributed by atoms with Crippen LogP contribution in [0.1, 0.15) is 15.9 Å². The average Bonchev–Trinajstić information content (AvgIpc) is 2.82. The molecule has 0 radical (unpaired) electrons. The van der Waals surface area contributed by atoms with E-state index in [1.165, 1.54) is 0 Å². The molecule has 2 N–H and O–H groups in total. The summed E-state index contributed by atoms with van der Waals surface area (Å²) in [6.45, 7) is 2.00. The Hall–Kier alpha value is -2.62. The third kappa shape index (κ3) is 1.87. The van der Waals surface area contributed by atoms with Gasteiger partial charge in [-0.25, -0.2) is 4.79 Å². The van der Waals surface area contributed by atoms with E-state index in [0.29, 0.717) is 11.1 Å². The van der Waals surface area contributed by atoms with Crippen molar-refractivity contribution in [3.8, 4) is 11.3 Å². The van der Waals surface area contributed by atoms with E-state index in [0.717, 1.165) is 16.6 Å². The van der Waals surface area contributed by atoms with Gasteiger partial charge in [0.2, 0.25) is 0 Å². The van der Waals surface area contributed by atoms with E-state index in [-0.39, 0.29) is 5.56 Å². The summed E-state index contributed by atoms with van der Waals surface area (Å²) in [7, 11) is 0. The molecule has 0 spiro atoms. The number of nitrogens with zero attached hydrogens (tertiary/aromatic N) is 1. The summed E-state index contributed by atoms with van der Waals surface area (Å²) in [5.74, 6) is -0.944. The van der Waals surface area contributed by atoms with Crippen molar-refractivity contribution in [2.24, 2.45) is 0 Å². The number of hydrogen-bond acceptors (Lipinski definition) is 2. The average molecular weight is 252 g/mol. The van der Waals surface area contributed by atoms with Gasteiger partial charge in [0.15, 0.2) is 0 Å². The van der Waals surface area contributed by atoms with Crippen molar-refractivity contribution in [1.29, 1.82) is 0 Å². The van der Waals surface area contributed by atoms with Gasteiger partial charge < -0.3 is 5.11 Å². The molecular weight excluding hydrogens is 240 g/mol. The Balaban J connectivity index is 2.33. The van der Waals surface area contributed by atoms with Crippen LogP contribution in [-0.2, 0) is 0 Å². The van der Waals surface area contributed by atoms with Gasteiger partial charge in [-0.15, -0.1) is 0 Å². The molecule has 0 aliphatic rings. The first-order chi connectivity index (χ1) is 9.16. The van der Waals surface area contributed by atoms with Crippen LogP contribution in [0.4, 0.5) is 0 Å². The molecule has 0 aliphatic heterocycles. The molecule has 1 aromatic heterocycles. The van der Waals surface area contributed by atoms with Crippen LogP contribution in [0.15, 0.2) is 42.5 Å². The third-order valence-corrected chi connectivity index (χ3v) is 3.11. The number of H-pyrrole nitrogens is 1. The Morgan fingerprint density at radius 3 is 2.74 bits per heavy atom. The van der Waals surface area contributed by atoms with E-state index in [1.807, 2.05) is 37.3 Å². The fourth-order valence-corrected chi connectivity index (χ4v) is 2.25. The van der Waals surface area contributed by atoms with Gasteiger partial charge in [0.1, 0.15) is 5.69 Å². The maximum Gasteiger partial charge on any atom is 0.336 e. The van der Waals surface area contributed by atoms with Crippen LogP contribution in [0, 0.1) is 6.92 Å². The number of aromatic carboxylic acids is 1. The Labute approximate surface area is 109 Å². The number of carboxylic acid groups (broad SMARTS) is 1. The summed E-state index contributed by atoms with van der Waals surface area (Å²) >= 11 is 0. The topological polar surface area (TPSA) is 66.0 Å². The maximum atomic E-state index is 11.3. The number of nitrogens with one attached hydrogen (secondary N) is 1. The number of aromatic amines is 1. The minimum Gasteiger partial charge on any atom is -0.478 e. The molecule has 4 heteroatoms. The standard InChI is InChI=1S/C15H12N2O2/c1-9-4-2-5-10(8-9)14-13-11(15(18)19)6-3-7-12(13)16-17-14/h2-8H,1H3,(H,16,17)(H,18,19). The molecule has 0 amide bonds. The number of aryl methyl sites for hydroxylation is 1. The van der Waals surface area contributed by atoms with E-state index in [1.54, 1.807) is 12.1 Å². The van der Waals surface area contributed by atoms with Crippen molar-refractivity contribution in [1.82, 2.24) is 10.2 Å². The van der Waals surface area contributed by atoms with E-state index in [4.69, 9.17) is 0 Å². The van der Waals surface area contributed by atoms with Gasteiger partial charge in [0.25, 0.3) is 0 Å². The molecule has 0 fully saturated rings. The molecule has 19 heavy (non-hydrogen) atoms. The summed E-state index contributed by atoms with van der Waals surface area (Å²) in [6, 6.07) is 13.0. The number of benzene rings is 2. The highest BCUT2D eigenvalue weighted by molar-refractivity contribution is 6.08. The lowest BCUT2D eigenvalue weighted by atomic mass is 10.0. The number of aromatic nitrogens is 2. The summed E-state index contributed by atoms with van der Waals surface area (Å²) in [5, 5.41) is 17.1. The zero-order chi connectivity index (χ0) is 13.4. The van der Waals surface area contributed by atoms with Crippen molar-refractivity contribution in [2.45, 2.75) is 6.92 Å². The maximum absolute atomic E-state index is 11.3.